The van der Waals surface area contributed by atoms with Crippen LogP contribution in [0.1, 0.15) is 0 Å². The molecule has 0 heterocycles. The van der Waals surface area contributed by atoms with Crippen molar-refractivity contribution >= 4 is 0 Å². The zero-order chi connectivity index (χ0) is 6.41. The summed E-state index contributed by atoms with van der Waals surface area (Å²) in [5.41, 5.74) is 0. The Hall–Kier alpha value is 1.06. The molecule has 0 atom stereocenters. The molecule has 0 aromatic rings. The van der Waals surface area contributed by atoms with Crippen molar-refractivity contribution < 1.29 is 42.4 Å². The molecule has 0 N–H and O–H groups in total. The first-order chi connectivity index (χ1) is 3.85. The third-order valence-electron chi connectivity index (χ3n) is 0.686. The van der Waals surface area contributed by atoms with Crippen molar-refractivity contribution in [2.75, 3.05) is 16.4 Å². The molecule has 4 heteroatoms. The van der Waals surface area contributed by atoms with Gasteiger partial charge in [0.15, 0.2) is 0 Å². The van der Waals surface area contributed by atoms with E-state index >= 15 is 0 Å². The van der Waals surface area contributed by atoms with E-state index in [1.54, 1.807) is 0 Å². The second kappa shape index (κ2) is 6.18. The summed E-state index contributed by atoms with van der Waals surface area (Å²) in [6, 6.07) is 0. The summed E-state index contributed by atoms with van der Waals surface area (Å²) < 4.78 is 0.741. The van der Waals surface area contributed by atoms with Gasteiger partial charge in [0.05, 0.1) is 0 Å². The van der Waals surface area contributed by atoms with E-state index in [1.807, 2.05) is 0 Å². The number of alkyl halides is 4. The van der Waals surface area contributed by atoms with E-state index in [0.717, 1.165) is 1.93 Å². The van der Waals surface area contributed by atoms with Crippen LogP contribution in [0.2, 0.25) is 0 Å². The maximum atomic E-state index is 9.72. The van der Waals surface area contributed by atoms with Crippen molar-refractivity contribution in [3.8, 4) is 0 Å². The molecule has 0 bridgehead atoms. The van der Waals surface area contributed by atoms with Gasteiger partial charge in [0, 0.05) is 0 Å². The minimum atomic E-state index is 0.290. The Labute approximate surface area is 70.3 Å². The Morgan fingerprint density at radius 2 is 2.00 bits per heavy atom. The van der Waals surface area contributed by atoms with Gasteiger partial charge in [0.1, 0.15) is 0 Å². The molecule has 0 rings (SSSR count). The van der Waals surface area contributed by atoms with Gasteiger partial charge in [-0.05, 0) is 0 Å². The molecule has 8 heavy (non-hydrogen) atoms. The first kappa shape index (κ1) is 9.06. The van der Waals surface area contributed by atoms with Crippen molar-refractivity contribution in [1.29, 1.82) is 0 Å². The van der Waals surface area contributed by atoms with Gasteiger partial charge in [0.25, 0.3) is 0 Å². The molecular formula is C4H9I2NO-2. The molecule has 52 valence electrons. The van der Waals surface area contributed by atoms with Crippen LogP contribution in [0.4, 0.5) is 0 Å². The molecule has 0 radical (unpaired) electrons. The van der Waals surface area contributed by atoms with E-state index in [2.05, 4.69) is 15.0 Å². The number of rotatable bonds is 4. The van der Waals surface area contributed by atoms with Gasteiger partial charge in [-0.2, -0.15) is 0 Å². The molecule has 0 aliphatic heterocycles. The zero-order valence-electron chi connectivity index (χ0n) is 4.90. The molecular weight excluding hydrogens is 332 g/mol. The fourth-order valence-corrected chi connectivity index (χ4v) is 5.02. The Kier molecular flexibility index (Phi) is 7.00. The molecule has 0 saturated carbocycles. The zero-order valence-corrected chi connectivity index (χ0v) is 9.21. The van der Waals surface area contributed by atoms with E-state index in [4.69, 9.17) is 0 Å². The third kappa shape index (κ3) is 3.99. The second-order valence-electron chi connectivity index (χ2n) is 1.14. The number of hydrogen-bond acceptors (Lipinski definition) is 2. The van der Waals surface area contributed by atoms with Crippen molar-refractivity contribution in [3.63, 3.8) is 0 Å². The van der Waals surface area contributed by atoms with Crippen LogP contribution in [-0.4, -0.2) is 18.3 Å². The first-order valence-corrected chi connectivity index (χ1v) is 8.91. The quantitative estimate of drug-likeness (QED) is 0.285. The van der Waals surface area contributed by atoms with Crippen LogP contribution in [0.3, 0.4) is 0 Å². The van der Waals surface area contributed by atoms with E-state index in [1.165, 1.54) is 0 Å². The van der Waals surface area contributed by atoms with Crippen LogP contribution in [0.15, 0.2) is 5.18 Å². The Bertz CT molecular complexity index is 65.1. The van der Waals surface area contributed by atoms with E-state index in [0.29, 0.717) is 49.0 Å². The van der Waals surface area contributed by atoms with Gasteiger partial charge in [-0.25, -0.2) is 0 Å². The average Bonchev–Trinajstić information content (AvgIpc) is 1.83. The van der Waals surface area contributed by atoms with Gasteiger partial charge in [-0.1, -0.05) is 0 Å². The molecule has 0 aliphatic carbocycles. The maximum absolute atomic E-state index is 9.72. The van der Waals surface area contributed by atoms with Crippen LogP contribution < -0.4 is 42.4 Å². The normalized spacial score (nSPS) is 10.9. The van der Waals surface area contributed by atoms with Crippen molar-refractivity contribution in [1.82, 2.24) is 0 Å². The van der Waals surface area contributed by atoms with Crippen LogP contribution in [0.5, 0.6) is 0 Å². The number of nitrogens with zero attached hydrogens (tertiary/aromatic N) is 1. The van der Waals surface area contributed by atoms with Crippen LogP contribution in [-0.2, 0) is 0 Å². The Morgan fingerprint density at radius 1 is 1.50 bits per heavy atom. The summed E-state index contributed by atoms with van der Waals surface area (Å²) in [5.74, 6) is 0. The summed E-state index contributed by atoms with van der Waals surface area (Å²) in [6.07, 6.45) is 0. The summed E-state index contributed by atoms with van der Waals surface area (Å²) >= 11 is 0.580. The molecule has 0 aromatic carbocycles. The van der Waals surface area contributed by atoms with E-state index in [9.17, 15) is 4.91 Å². The number of hydrogen-bond donors (Lipinski definition) is 0. The Morgan fingerprint density at radius 3 is 2.12 bits per heavy atom. The Balaban J connectivity index is 3.20. The number of halogens is 2. The third-order valence-corrected chi connectivity index (χ3v) is 10.5. The summed E-state index contributed by atoms with van der Waals surface area (Å²) in [6.45, 7) is 0.591. The fraction of sp³-hybridized carbons (Fsp3) is 1.00. The molecule has 0 saturated heterocycles. The summed E-state index contributed by atoms with van der Waals surface area (Å²) in [5, 5.41) is 2.88. The molecule has 0 aliphatic rings. The van der Waals surface area contributed by atoms with Gasteiger partial charge in [-0.3, -0.25) is 0 Å². The second-order valence-corrected chi connectivity index (χ2v) is 9.02. The fourth-order valence-electron chi connectivity index (χ4n) is 0.277. The molecule has 0 amide bonds. The van der Waals surface area contributed by atoms with Crippen LogP contribution in [0.25, 0.3) is 0 Å². The molecule has 2 nitrogen and oxygen atoms in total. The summed E-state index contributed by atoms with van der Waals surface area (Å²) in [4.78, 5) is 14.2. The minimum absolute atomic E-state index is 0.290. The van der Waals surface area contributed by atoms with Gasteiger partial charge < -0.3 is 0 Å². The van der Waals surface area contributed by atoms with Crippen LogP contribution in [0, 0.1) is 4.91 Å². The molecule has 0 spiro atoms. The molecule has 0 unspecified atom stereocenters. The standard InChI is InChI=1S/C4H9I2NO/c1-5-4(6-2)3-7-8/h4H,3H2,1-2H3/q-2. The monoisotopic (exact) mass is 341 g/mol. The van der Waals surface area contributed by atoms with E-state index < -0.39 is 0 Å². The number of nitroso groups, excluding NO2 is 1. The molecule has 0 fully saturated rings. The summed E-state index contributed by atoms with van der Waals surface area (Å²) in [7, 11) is 0. The van der Waals surface area contributed by atoms with Crippen LogP contribution >= 0.6 is 0 Å². The van der Waals surface area contributed by atoms with Crippen molar-refractivity contribution in [3.05, 3.63) is 4.91 Å². The predicted molar refractivity (Wildman–Crippen MR) is 26.3 cm³/mol. The van der Waals surface area contributed by atoms with Gasteiger partial charge >= 0.3 is 70.8 Å². The predicted octanol–water partition coefficient (Wildman–Crippen LogP) is -5.48. The van der Waals surface area contributed by atoms with Gasteiger partial charge in [-0.15, -0.1) is 0 Å². The van der Waals surface area contributed by atoms with Gasteiger partial charge in [0.2, 0.25) is 0 Å². The van der Waals surface area contributed by atoms with Crippen molar-refractivity contribution in [2.24, 2.45) is 5.18 Å². The SMILES string of the molecule is C[I-]C(CN=O)[I-]C. The average molecular weight is 341 g/mol. The molecule has 0 aromatic heterocycles. The topological polar surface area (TPSA) is 29.4 Å². The van der Waals surface area contributed by atoms with Crippen molar-refractivity contribution in [2.45, 2.75) is 1.93 Å². The van der Waals surface area contributed by atoms with E-state index in [-0.39, 0.29) is 0 Å². The first-order valence-electron chi connectivity index (χ1n) is 2.10.